The van der Waals surface area contributed by atoms with Crippen molar-refractivity contribution in [2.45, 2.75) is 52.6 Å². The number of halogens is 1. The van der Waals surface area contributed by atoms with E-state index in [9.17, 15) is 14.4 Å². The molecule has 2 atom stereocenters. The lowest BCUT2D eigenvalue weighted by molar-refractivity contribution is -0.149. The van der Waals surface area contributed by atoms with Gasteiger partial charge in [-0.3, -0.25) is 9.59 Å². The van der Waals surface area contributed by atoms with Crippen molar-refractivity contribution >= 4 is 30.3 Å². The fourth-order valence-corrected chi connectivity index (χ4v) is 1.55. The first-order valence-electron chi connectivity index (χ1n) is 7.67. The average molecular weight is 340 g/mol. The Hall–Kier alpha value is -1.34. The van der Waals surface area contributed by atoms with Crippen LogP contribution < -0.4 is 11.0 Å². The zero-order chi connectivity index (χ0) is 17.1. The summed E-state index contributed by atoms with van der Waals surface area (Å²) in [6.45, 7) is 7.34. The van der Waals surface area contributed by atoms with Gasteiger partial charge in [0.1, 0.15) is 7.45 Å². The maximum atomic E-state index is 12.1. The molecule has 8 heteroatoms. The highest BCUT2D eigenvalue weighted by molar-refractivity contribution is 5.87. The van der Waals surface area contributed by atoms with E-state index in [-0.39, 0.29) is 44.4 Å². The zero-order valence-corrected chi connectivity index (χ0v) is 14.3. The van der Waals surface area contributed by atoms with Gasteiger partial charge in [-0.15, -0.1) is 12.4 Å². The largest absolute Gasteiger partial charge is 0.466 e. The number of carbonyl (C=O) groups is 3. The number of nitrogens with two attached hydrogens (primary N) is 1. The van der Waals surface area contributed by atoms with Crippen molar-refractivity contribution in [2.24, 2.45) is 11.6 Å². The Labute approximate surface area is 139 Å². The normalized spacial score (nSPS) is 13.4. The highest BCUT2D eigenvalue weighted by Crippen LogP contribution is 2.05. The third-order valence-electron chi connectivity index (χ3n) is 2.78. The Kier molecular flexibility index (Phi) is 11.5. The third-order valence-corrected chi connectivity index (χ3v) is 2.78. The van der Waals surface area contributed by atoms with Crippen LogP contribution in [0.4, 0.5) is 0 Å². The van der Waals surface area contributed by atoms with Crippen LogP contribution in [0.1, 0.15) is 40.5 Å². The van der Waals surface area contributed by atoms with Crippen LogP contribution in [-0.2, 0) is 23.9 Å². The topological polar surface area (TPSA) is 108 Å². The van der Waals surface area contributed by atoms with E-state index in [1.165, 1.54) is 0 Å². The van der Waals surface area contributed by atoms with E-state index in [0.717, 1.165) is 0 Å². The first-order chi connectivity index (χ1) is 10.4. The molecule has 0 aliphatic carbocycles. The number of esters is 2. The molecule has 0 heterocycles. The molecule has 0 rings (SSSR count). The molecule has 130 valence electrons. The molecular formula is C14H27ClN2O5. The van der Waals surface area contributed by atoms with Crippen LogP contribution in [0.2, 0.25) is 1.41 Å². The van der Waals surface area contributed by atoms with Gasteiger partial charge in [-0.05, 0) is 26.2 Å². The van der Waals surface area contributed by atoms with E-state index in [1.54, 1.807) is 27.7 Å². The summed E-state index contributed by atoms with van der Waals surface area (Å²) in [6.07, 6.45) is 0.0878. The molecule has 0 fully saturated rings. The molecular weight excluding hydrogens is 312 g/mol. The van der Waals surface area contributed by atoms with Crippen molar-refractivity contribution in [1.29, 1.82) is 0 Å². The predicted octanol–water partition coefficient (Wildman–Crippen LogP) is 0.783. The summed E-state index contributed by atoms with van der Waals surface area (Å²) < 4.78 is 16.9. The van der Waals surface area contributed by atoms with Crippen molar-refractivity contribution in [1.82, 2.24) is 5.32 Å². The summed E-state index contributed by atoms with van der Waals surface area (Å²) in [4.78, 5) is 35.3. The summed E-state index contributed by atoms with van der Waals surface area (Å²) in [5, 5.41) is 2.53. The molecule has 0 aromatic heterocycles. The molecule has 0 aliphatic rings. The predicted molar refractivity (Wildman–Crippen MR) is 84.5 cm³/mol. The SMILES string of the molecule is Cl.[2H]N[C@H](C(=O)N[C@@H](CCC(=O)OCC)C(=O)OCC)C(C)C. The average Bonchev–Trinajstić information content (AvgIpc) is 2.44. The maximum Gasteiger partial charge on any atom is 0.328 e. The number of rotatable bonds is 10. The lowest BCUT2D eigenvalue weighted by atomic mass is 10.0. The van der Waals surface area contributed by atoms with Crippen LogP contribution in [0.15, 0.2) is 0 Å². The van der Waals surface area contributed by atoms with Crippen LogP contribution in [-0.4, -0.2) is 43.1 Å². The molecule has 0 radical (unpaired) electrons. The third kappa shape index (κ3) is 8.84. The van der Waals surface area contributed by atoms with Gasteiger partial charge in [0.25, 0.3) is 0 Å². The Balaban J connectivity index is 0. The van der Waals surface area contributed by atoms with Crippen molar-refractivity contribution in [3.63, 3.8) is 0 Å². The van der Waals surface area contributed by atoms with Gasteiger partial charge in [0.2, 0.25) is 5.91 Å². The van der Waals surface area contributed by atoms with Gasteiger partial charge in [0.05, 0.1) is 19.3 Å². The molecule has 0 spiro atoms. The van der Waals surface area contributed by atoms with Gasteiger partial charge in [0.15, 0.2) is 0 Å². The summed E-state index contributed by atoms with van der Waals surface area (Å²) in [7, 11) is 0. The molecule has 7 nitrogen and oxygen atoms in total. The monoisotopic (exact) mass is 339 g/mol. The highest BCUT2D eigenvalue weighted by atomic mass is 35.5. The Morgan fingerprint density at radius 3 is 2.23 bits per heavy atom. The van der Waals surface area contributed by atoms with Crippen LogP contribution in [0.25, 0.3) is 0 Å². The molecule has 0 aromatic carbocycles. The van der Waals surface area contributed by atoms with E-state index < -0.39 is 29.9 Å². The molecule has 3 N–H and O–H groups in total. The minimum absolute atomic E-state index is 0. The molecule has 22 heavy (non-hydrogen) atoms. The van der Waals surface area contributed by atoms with Crippen molar-refractivity contribution in [3.05, 3.63) is 0 Å². The first kappa shape index (κ1) is 20.7. The minimum Gasteiger partial charge on any atom is -0.466 e. The molecule has 0 bridgehead atoms. The van der Waals surface area contributed by atoms with Crippen LogP contribution in [0.3, 0.4) is 0 Å². The number of hydrogen-bond acceptors (Lipinski definition) is 6. The van der Waals surface area contributed by atoms with Gasteiger partial charge in [-0.2, -0.15) is 0 Å². The molecule has 0 aromatic rings. The summed E-state index contributed by atoms with van der Waals surface area (Å²) in [5.41, 5.74) is 2.16. The van der Waals surface area contributed by atoms with E-state index in [1.807, 2.05) is 0 Å². The fraction of sp³-hybridized carbons (Fsp3) is 0.786. The Morgan fingerprint density at radius 1 is 1.18 bits per heavy atom. The lowest BCUT2D eigenvalue weighted by Crippen LogP contribution is -2.50. The van der Waals surface area contributed by atoms with Gasteiger partial charge >= 0.3 is 11.9 Å². The van der Waals surface area contributed by atoms with Gasteiger partial charge < -0.3 is 20.5 Å². The van der Waals surface area contributed by atoms with Crippen molar-refractivity contribution < 1.29 is 25.3 Å². The highest BCUT2D eigenvalue weighted by Gasteiger charge is 2.26. The molecule has 0 aliphatic heterocycles. The van der Waals surface area contributed by atoms with Crippen LogP contribution in [0, 0.1) is 5.92 Å². The van der Waals surface area contributed by atoms with Crippen LogP contribution >= 0.6 is 12.4 Å². The molecule has 0 saturated heterocycles. The molecule has 1 amide bonds. The minimum atomic E-state index is -0.938. The van der Waals surface area contributed by atoms with Gasteiger partial charge in [0, 0.05) is 6.42 Å². The maximum absolute atomic E-state index is 12.1. The smallest absolute Gasteiger partial charge is 0.328 e. The zero-order valence-electron chi connectivity index (χ0n) is 14.5. The summed E-state index contributed by atoms with van der Waals surface area (Å²) in [6, 6.07) is -1.69. The van der Waals surface area contributed by atoms with E-state index >= 15 is 0 Å². The first-order valence-corrected chi connectivity index (χ1v) is 7.17. The molecule has 0 unspecified atom stereocenters. The second-order valence-corrected chi connectivity index (χ2v) is 4.88. The van der Waals surface area contributed by atoms with Crippen molar-refractivity contribution in [3.8, 4) is 0 Å². The second kappa shape index (κ2) is 12.2. The van der Waals surface area contributed by atoms with Gasteiger partial charge in [-0.1, -0.05) is 13.8 Å². The summed E-state index contributed by atoms with van der Waals surface area (Å²) in [5.74, 6) is -1.64. The van der Waals surface area contributed by atoms with E-state index in [2.05, 4.69) is 11.0 Å². The number of carbonyl (C=O) groups excluding carboxylic acids is 3. The van der Waals surface area contributed by atoms with Crippen LogP contribution in [0.5, 0.6) is 0 Å². The number of hydrogen-bond donors (Lipinski definition) is 2. The lowest BCUT2D eigenvalue weighted by Gasteiger charge is -2.21. The summed E-state index contributed by atoms with van der Waals surface area (Å²) >= 11 is 0. The van der Waals surface area contributed by atoms with Gasteiger partial charge in [-0.25, -0.2) is 4.79 Å². The Morgan fingerprint density at radius 2 is 1.77 bits per heavy atom. The Bertz CT molecular complexity index is 382. The number of nitrogens with one attached hydrogen (secondary N) is 1. The number of ether oxygens (including phenoxy) is 2. The molecule has 0 saturated carbocycles. The van der Waals surface area contributed by atoms with E-state index in [0.29, 0.717) is 0 Å². The quantitative estimate of drug-likeness (QED) is 0.569. The second-order valence-electron chi connectivity index (χ2n) is 4.88. The number of amides is 1. The van der Waals surface area contributed by atoms with Crippen molar-refractivity contribution in [2.75, 3.05) is 13.2 Å². The van der Waals surface area contributed by atoms with E-state index in [4.69, 9.17) is 10.9 Å². The fourth-order valence-electron chi connectivity index (χ4n) is 1.55. The standard InChI is InChI=1S/C14H26N2O5.ClH/c1-5-20-11(17)8-7-10(14(19)21-6-2)16-13(18)12(15)9(3)4;/h9-10,12H,5-8,15H2,1-4H3,(H,16,18);1H/t10-,12-;/m0./s1/i/hD.